The van der Waals surface area contributed by atoms with Gasteiger partial charge in [0, 0.05) is 0 Å². The van der Waals surface area contributed by atoms with E-state index in [9.17, 15) is 25.9 Å². The Hall–Kier alpha value is -1.76. The minimum Gasteiger partial charge on any atom is -0.339 e. The Kier molecular flexibility index (Phi) is 5.78. The average molecular weight is 535 g/mol. The Morgan fingerprint density at radius 1 is 1.19 bits per heavy atom. The summed E-state index contributed by atoms with van der Waals surface area (Å²) in [5.41, 5.74) is 0.492. The molecule has 0 spiro atoms. The molecule has 1 unspecified atom stereocenters. The number of nitrogens with zero attached hydrogens (tertiary/aromatic N) is 4. The van der Waals surface area contributed by atoms with Gasteiger partial charge in [0.05, 0.1) is 26.4 Å². The largest absolute Gasteiger partial charge is 0.339 e. The highest BCUT2D eigenvalue weighted by atomic mass is 32.2. The Bertz CT molecular complexity index is 1390. The summed E-state index contributed by atoms with van der Waals surface area (Å²) in [7, 11) is -8.79. The Balaban J connectivity index is 1.73. The third-order valence-electron chi connectivity index (χ3n) is 4.02. The van der Waals surface area contributed by atoms with Gasteiger partial charge >= 0.3 is 0 Å². The number of anilines is 2. The second kappa shape index (κ2) is 7.98. The first-order valence-electron chi connectivity index (χ1n) is 8.03. The van der Waals surface area contributed by atoms with Crippen LogP contribution in [0.4, 0.5) is 15.7 Å². The molecule has 2 aromatic rings. The third kappa shape index (κ3) is 4.71. The van der Waals surface area contributed by atoms with Crippen molar-refractivity contribution < 1.29 is 25.9 Å². The lowest BCUT2D eigenvalue weighted by atomic mass is 10.4. The van der Waals surface area contributed by atoms with Crippen molar-refractivity contribution in [1.82, 2.24) is 0 Å². The SMILES string of the molecule is [C-]#[N+]c1cc2c(s1)SC(C=C1Sc3cc(C#N)sc3N1CS(=O)(=O)O)N2CS(=O)(=O)O. The highest BCUT2D eigenvalue weighted by Crippen LogP contribution is 2.55. The zero-order valence-electron chi connectivity index (χ0n) is 15.0. The molecular formula is C15H10N4O6S6. The van der Waals surface area contributed by atoms with Crippen molar-refractivity contribution in [3.05, 3.63) is 39.5 Å². The number of rotatable bonds is 5. The molecular weight excluding hydrogens is 525 g/mol. The number of thioether (sulfide) groups is 2. The van der Waals surface area contributed by atoms with E-state index in [1.807, 2.05) is 6.07 Å². The molecule has 4 heterocycles. The van der Waals surface area contributed by atoms with Gasteiger partial charge in [-0.15, -0.1) is 22.7 Å². The van der Waals surface area contributed by atoms with E-state index < -0.39 is 37.4 Å². The van der Waals surface area contributed by atoms with Crippen molar-refractivity contribution >= 4 is 82.1 Å². The maximum atomic E-state index is 11.6. The molecule has 4 rings (SSSR count). The van der Waals surface area contributed by atoms with Crippen LogP contribution in [0.25, 0.3) is 4.85 Å². The van der Waals surface area contributed by atoms with Gasteiger partial charge in [-0.05, 0) is 18.2 Å². The smallest absolute Gasteiger partial charge is 0.283 e. The molecule has 16 heteroatoms. The lowest BCUT2D eigenvalue weighted by Crippen LogP contribution is -2.34. The van der Waals surface area contributed by atoms with Crippen LogP contribution in [0, 0.1) is 17.9 Å². The molecule has 0 saturated carbocycles. The van der Waals surface area contributed by atoms with Crippen LogP contribution >= 0.6 is 46.2 Å². The fourth-order valence-corrected chi connectivity index (χ4v) is 9.28. The fraction of sp³-hybridized carbons (Fsp3) is 0.200. The highest BCUT2D eigenvalue weighted by Gasteiger charge is 2.37. The van der Waals surface area contributed by atoms with Crippen molar-refractivity contribution in [1.29, 1.82) is 5.26 Å². The average Bonchev–Trinajstić information content (AvgIpc) is 3.36. The molecule has 0 aromatic carbocycles. The molecule has 0 bridgehead atoms. The van der Waals surface area contributed by atoms with Crippen LogP contribution in [0.3, 0.4) is 0 Å². The predicted molar refractivity (Wildman–Crippen MR) is 121 cm³/mol. The van der Waals surface area contributed by atoms with Gasteiger partial charge in [-0.1, -0.05) is 23.5 Å². The number of nitriles is 1. The molecule has 0 saturated heterocycles. The van der Waals surface area contributed by atoms with Crippen molar-refractivity contribution in [2.24, 2.45) is 0 Å². The van der Waals surface area contributed by atoms with Crippen molar-refractivity contribution in [3.8, 4) is 6.07 Å². The number of fused-ring (bicyclic) bond motifs is 2. The van der Waals surface area contributed by atoms with Gasteiger partial charge in [0.15, 0.2) is 5.88 Å². The monoisotopic (exact) mass is 534 g/mol. The first-order valence-corrected chi connectivity index (χ1v) is 14.6. The van der Waals surface area contributed by atoms with E-state index in [2.05, 4.69) is 4.85 Å². The second-order valence-corrected chi connectivity index (χ2v) is 13.5. The van der Waals surface area contributed by atoms with Gasteiger partial charge < -0.3 is 9.80 Å². The second-order valence-electron chi connectivity index (χ2n) is 6.20. The first kappa shape index (κ1) is 22.4. The quantitative estimate of drug-likeness (QED) is 0.429. The van der Waals surface area contributed by atoms with Crippen LogP contribution in [0.5, 0.6) is 0 Å². The van der Waals surface area contributed by atoms with Crippen molar-refractivity contribution in [3.63, 3.8) is 0 Å². The summed E-state index contributed by atoms with van der Waals surface area (Å²) in [6.45, 7) is 7.15. The summed E-state index contributed by atoms with van der Waals surface area (Å²) in [5, 5.41) is 9.79. The zero-order chi connectivity index (χ0) is 22.6. The van der Waals surface area contributed by atoms with Gasteiger partial charge in [-0.25, -0.2) is 4.85 Å². The summed E-state index contributed by atoms with van der Waals surface area (Å²) in [4.78, 5) is 7.14. The Labute approximate surface area is 194 Å². The minimum atomic E-state index is -4.40. The molecule has 10 nitrogen and oxygen atoms in total. The van der Waals surface area contributed by atoms with Crippen LogP contribution in [0.2, 0.25) is 0 Å². The number of hydrogen-bond acceptors (Lipinski definition) is 11. The van der Waals surface area contributed by atoms with Gasteiger partial charge in [0.1, 0.15) is 27.2 Å². The maximum absolute atomic E-state index is 11.6. The van der Waals surface area contributed by atoms with Gasteiger partial charge in [0.2, 0.25) is 5.00 Å². The van der Waals surface area contributed by atoms with E-state index in [0.717, 1.165) is 11.3 Å². The number of hydrogen-bond donors (Lipinski definition) is 2. The molecule has 0 aliphatic carbocycles. The molecule has 0 amide bonds. The summed E-state index contributed by atoms with van der Waals surface area (Å²) >= 11 is 4.72. The molecule has 2 aliphatic heterocycles. The Morgan fingerprint density at radius 3 is 2.52 bits per heavy atom. The van der Waals surface area contributed by atoms with E-state index >= 15 is 0 Å². The van der Waals surface area contributed by atoms with Gasteiger partial charge in [-0.3, -0.25) is 9.11 Å². The third-order valence-corrected chi connectivity index (χ3v) is 9.90. The van der Waals surface area contributed by atoms with E-state index in [0.29, 0.717) is 34.7 Å². The number of thiophene rings is 2. The summed E-state index contributed by atoms with van der Waals surface area (Å²) in [5.74, 6) is -1.44. The summed E-state index contributed by atoms with van der Waals surface area (Å²) < 4.78 is 65.8. The molecule has 31 heavy (non-hydrogen) atoms. The van der Waals surface area contributed by atoms with E-state index in [1.54, 1.807) is 12.1 Å². The highest BCUT2D eigenvalue weighted by molar-refractivity contribution is 8.04. The lowest BCUT2D eigenvalue weighted by Gasteiger charge is -2.25. The molecule has 0 fully saturated rings. The molecule has 1 atom stereocenters. The van der Waals surface area contributed by atoms with Crippen molar-refractivity contribution in [2.75, 3.05) is 21.6 Å². The van der Waals surface area contributed by atoms with Crippen LogP contribution in [0.15, 0.2) is 32.3 Å². The topological polar surface area (TPSA) is 143 Å². The molecule has 2 aromatic heterocycles. The van der Waals surface area contributed by atoms with Crippen LogP contribution in [-0.4, -0.2) is 43.1 Å². The molecule has 0 radical (unpaired) electrons. The lowest BCUT2D eigenvalue weighted by molar-refractivity contribution is 0.480. The summed E-state index contributed by atoms with van der Waals surface area (Å²) in [6.07, 6.45) is 1.63. The normalized spacial score (nSPS) is 19.4. The van der Waals surface area contributed by atoms with E-state index in [-0.39, 0.29) is 0 Å². The fourth-order valence-electron chi connectivity index (χ4n) is 2.93. The van der Waals surface area contributed by atoms with E-state index in [4.69, 9.17) is 11.8 Å². The van der Waals surface area contributed by atoms with Gasteiger partial charge in [-0.2, -0.15) is 22.1 Å². The van der Waals surface area contributed by atoms with Crippen LogP contribution in [0.1, 0.15) is 4.88 Å². The minimum absolute atomic E-state index is 0.374. The maximum Gasteiger partial charge on any atom is 0.283 e. The van der Waals surface area contributed by atoms with Crippen LogP contribution < -0.4 is 9.80 Å². The molecule has 2 N–H and O–H groups in total. The van der Waals surface area contributed by atoms with Crippen molar-refractivity contribution in [2.45, 2.75) is 14.5 Å². The van der Waals surface area contributed by atoms with Crippen LogP contribution in [-0.2, 0) is 20.2 Å². The molecule has 162 valence electrons. The summed E-state index contributed by atoms with van der Waals surface area (Å²) in [6, 6.07) is 5.15. The zero-order valence-corrected chi connectivity index (χ0v) is 19.9. The standard InChI is InChI=1S/C15H10N4O6S6/c1-17-11-3-9-15(28-11)29-12(18(9)6-30(20,21)22)4-13-19(7-31(23,24)25)14-10(27-13)2-8(5-16)26-14/h2-4,12H,6-7H2,(H,20,21,22)(H,23,24,25). The van der Waals surface area contributed by atoms with E-state index in [1.165, 1.54) is 50.7 Å². The first-order chi connectivity index (χ1) is 14.5. The van der Waals surface area contributed by atoms with Gasteiger partial charge in [0.25, 0.3) is 20.2 Å². The predicted octanol–water partition coefficient (Wildman–Crippen LogP) is 3.61. The Morgan fingerprint density at radius 2 is 1.90 bits per heavy atom. The molecule has 2 aliphatic rings.